The van der Waals surface area contributed by atoms with Crippen LogP contribution in [0.25, 0.3) is 0 Å². The van der Waals surface area contributed by atoms with Crippen molar-refractivity contribution in [1.29, 1.82) is 0 Å². The molecule has 2 N–H and O–H groups in total. The van der Waals surface area contributed by atoms with Crippen LogP contribution in [0.4, 0.5) is 8.78 Å². The second-order valence-corrected chi connectivity index (χ2v) is 5.29. The number of fused-ring (bicyclic) bond motifs is 1. The second kappa shape index (κ2) is 6.33. The quantitative estimate of drug-likeness (QED) is 0.904. The van der Waals surface area contributed by atoms with E-state index in [2.05, 4.69) is 22.8 Å². The Balaban J connectivity index is 1.64. The number of halogens is 2. The summed E-state index contributed by atoms with van der Waals surface area (Å²) >= 11 is 0. The Morgan fingerprint density at radius 2 is 1.81 bits per heavy atom. The minimum atomic E-state index is -0.500. The van der Waals surface area contributed by atoms with Gasteiger partial charge in [-0.05, 0) is 36.2 Å². The molecule has 1 aliphatic rings. The van der Waals surface area contributed by atoms with Crippen LogP contribution in [0.1, 0.15) is 22.7 Å². The van der Waals surface area contributed by atoms with E-state index in [0.717, 1.165) is 13.0 Å². The first kappa shape index (κ1) is 14.2. The third-order valence-electron chi connectivity index (χ3n) is 3.93. The fourth-order valence-electron chi connectivity index (χ4n) is 2.82. The van der Waals surface area contributed by atoms with Crippen molar-refractivity contribution in [3.05, 3.63) is 70.8 Å². The zero-order chi connectivity index (χ0) is 14.7. The molecule has 0 spiro atoms. The van der Waals surface area contributed by atoms with Crippen molar-refractivity contribution in [3.63, 3.8) is 0 Å². The van der Waals surface area contributed by atoms with Crippen LogP contribution >= 0.6 is 0 Å². The van der Waals surface area contributed by atoms with E-state index in [0.29, 0.717) is 6.54 Å². The lowest BCUT2D eigenvalue weighted by molar-refractivity contribution is 0.458. The first-order chi connectivity index (χ1) is 10.3. The summed E-state index contributed by atoms with van der Waals surface area (Å²) < 4.78 is 27.1. The number of hydrogen-bond donors (Lipinski definition) is 2. The third kappa shape index (κ3) is 3.12. The highest BCUT2D eigenvalue weighted by atomic mass is 19.1. The van der Waals surface area contributed by atoms with Crippen molar-refractivity contribution in [2.24, 2.45) is 0 Å². The van der Waals surface area contributed by atoms with Gasteiger partial charge in [0.15, 0.2) is 0 Å². The van der Waals surface area contributed by atoms with E-state index < -0.39 is 11.6 Å². The van der Waals surface area contributed by atoms with Crippen LogP contribution in [-0.4, -0.2) is 13.1 Å². The Kier molecular flexibility index (Phi) is 4.27. The zero-order valence-electron chi connectivity index (χ0n) is 11.7. The first-order valence-electron chi connectivity index (χ1n) is 7.20. The molecular formula is C17H18F2N2. The van der Waals surface area contributed by atoms with E-state index in [1.807, 2.05) is 12.1 Å². The van der Waals surface area contributed by atoms with Crippen molar-refractivity contribution in [2.75, 3.05) is 13.1 Å². The summed E-state index contributed by atoms with van der Waals surface area (Å²) in [7, 11) is 0. The molecule has 0 bridgehead atoms. The predicted octanol–water partition coefficient (Wildman–Crippen LogP) is 2.94. The van der Waals surface area contributed by atoms with Gasteiger partial charge >= 0.3 is 0 Å². The highest BCUT2D eigenvalue weighted by molar-refractivity contribution is 5.32. The molecule has 2 nitrogen and oxygen atoms in total. The molecule has 1 unspecified atom stereocenters. The molecule has 0 aromatic heterocycles. The fraction of sp³-hybridized carbons (Fsp3) is 0.294. The standard InChI is InChI=1S/C17H18F2N2/c18-15-6-3-7-16(19)14(15)10-20-11-17-13-5-2-1-4-12(13)8-9-21-17/h1-7,17,20-21H,8-11H2. The predicted molar refractivity (Wildman–Crippen MR) is 79.0 cm³/mol. The van der Waals surface area contributed by atoms with Crippen LogP contribution < -0.4 is 10.6 Å². The van der Waals surface area contributed by atoms with Gasteiger partial charge in [0.25, 0.3) is 0 Å². The van der Waals surface area contributed by atoms with Crippen LogP contribution in [0.2, 0.25) is 0 Å². The number of nitrogens with one attached hydrogen (secondary N) is 2. The maximum atomic E-state index is 13.6. The number of hydrogen-bond acceptors (Lipinski definition) is 2. The van der Waals surface area contributed by atoms with E-state index in [1.165, 1.54) is 29.3 Å². The lowest BCUT2D eigenvalue weighted by Gasteiger charge is -2.27. The molecular weight excluding hydrogens is 270 g/mol. The van der Waals surface area contributed by atoms with Crippen molar-refractivity contribution < 1.29 is 8.78 Å². The maximum Gasteiger partial charge on any atom is 0.130 e. The zero-order valence-corrected chi connectivity index (χ0v) is 11.7. The Labute approximate surface area is 123 Å². The van der Waals surface area contributed by atoms with Gasteiger partial charge in [-0.15, -0.1) is 0 Å². The largest absolute Gasteiger partial charge is 0.311 e. The van der Waals surface area contributed by atoms with Crippen LogP contribution in [0.5, 0.6) is 0 Å². The summed E-state index contributed by atoms with van der Waals surface area (Å²) in [6, 6.07) is 12.5. The summed E-state index contributed by atoms with van der Waals surface area (Å²) in [6.45, 7) is 1.76. The summed E-state index contributed by atoms with van der Waals surface area (Å²) in [5.41, 5.74) is 2.71. The first-order valence-corrected chi connectivity index (χ1v) is 7.20. The molecule has 2 aromatic carbocycles. The highest BCUT2D eigenvalue weighted by Gasteiger charge is 2.18. The SMILES string of the molecule is Fc1cccc(F)c1CNCC1NCCc2ccccc21. The normalized spacial score (nSPS) is 17.5. The van der Waals surface area contributed by atoms with Gasteiger partial charge in [0.2, 0.25) is 0 Å². The highest BCUT2D eigenvalue weighted by Crippen LogP contribution is 2.22. The third-order valence-corrected chi connectivity index (χ3v) is 3.93. The van der Waals surface area contributed by atoms with Crippen molar-refractivity contribution in [1.82, 2.24) is 10.6 Å². The Morgan fingerprint density at radius 3 is 2.62 bits per heavy atom. The van der Waals surface area contributed by atoms with Crippen LogP contribution in [-0.2, 0) is 13.0 Å². The number of rotatable bonds is 4. The average Bonchev–Trinajstić information content (AvgIpc) is 2.50. The Hall–Kier alpha value is -1.78. The minimum Gasteiger partial charge on any atom is -0.311 e. The minimum absolute atomic E-state index is 0.0987. The molecule has 1 heterocycles. The molecule has 0 saturated carbocycles. The molecule has 1 aliphatic heterocycles. The molecule has 0 fully saturated rings. The molecule has 110 valence electrons. The smallest absolute Gasteiger partial charge is 0.130 e. The lowest BCUT2D eigenvalue weighted by Crippen LogP contribution is -2.36. The van der Waals surface area contributed by atoms with E-state index in [9.17, 15) is 8.78 Å². The van der Waals surface area contributed by atoms with E-state index >= 15 is 0 Å². The van der Waals surface area contributed by atoms with Gasteiger partial charge in [-0.3, -0.25) is 0 Å². The van der Waals surface area contributed by atoms with E-state index in [4.69, 9.17) is 0 Å². The van der Waals surface area contributed by atoms with Gasteiger partial charge in [-0.2, -0.15) is 0 Å². The summed E-state index contributed by atoms with van der Waals surface area (Å²) in [5, 5.41) is 6.59. The van der Waals surface area contributed by atoms with Crippen LogP contribution in [0, 0.1) is 11.6 Å². The molecule has 1 atom stereocenters. The molecule has 3 rings (SSSR count). The van der Waals surface area contributed by atoms with Crippen molar-refractivity contribution in [3.8, 4) is 0 Å². The van der Waals surface area contributed by atoms with E-state index in [1.54, 1.807) is 0 Å². The fourth-order valence-corrected chi connectivity index (χ4v) is 2.82. The maximum absolute atomic E-state index is 13.6. The van der Waals surface area contributed by atoms with Gasteiger partial charge in [0, 0.05) is 24.7 Å². The molecule has 0 saturated heterocycles. The molecule has 4 heteroatoms. The monoisotopic (exact) mass is 288 g/mol. The topological polar surface area (TPSA) is 24.1 Å². The Morgan fingerprint density at radius 1 is 1.05 bits per heavy atom. The lowest BCUT2D eigenvalue weighted by atomic mass is 9.94. The molecule has 0 aliphatic carbocycles. The van der Waals surface area contributed by atoms with Crippen LogP contribution in [0.15, 0.2) is 42.5 Å². The molecule has 0 amide bonds. The number of benzene rings is 2. The van der Waals surface area contributed by atoms with Gasteiger partial charge < -0.3 is 10.6 Å². The summed E-state index contributed by atoms with van der Waals surface area (Å²) in [4.78, 5) is 0. The van der Waals surface area contributed by atoms with Gasteiger partial charge in [0.1, 0.15) is 11.6 Å². The summed E-state index contributed by atoms with van der Waals surface area (Å²) in [6.07, 6.45) is 1.02. The van der Waals surface area contributed by atoms with E-state index in [-0.39, 0.29) is 18.2 Å². The average molecular weight is 288 g/mol. The summed E-state index contributed by atoms with van der Waals surface area (Å²) in [5.74, 6) is -1.00. The second-order valence-electron chi connectivity index (χ2n) is 5.29. The van der Waals surface area contributed by atoms with Crippen LogP contribution in [0.3, 0.4) is 0 Å². The van der Waals surface area contributed by atoms with Crippen molar-refractivity contribution in [2.45, 2.75) is 19.0 Å². The molecule has 0 radical (unpaired) electrons. The van der Waals surface area contributed by atoms with Gasteiger partial charge in [-0.1, -0.05) is 30.3 Å². The Bertz CT molecular complexity index is 608. The van der Waals surface area contributed by atoms with Crippen molar-refractivity contribution >= 4 is 0 Å². The van der Waals surface area contributed by atoms with Gasteiger partial charge in [-0.25, -0.2) is 8.78 Å². The van der Waals surface area contributed by atoms with Gasteiger partial charge in [0.05, 0.1) is 0 Å². The molecule has 21 heavy (non-hydrogen) atoms. The molecule has 2 aromatic rings.